The average molecular weight is 300 g/mol. The molecule has 22 heavy (non-hydrogen) atoms. The Bertz CT molecular complexity index is 776. The Morgan fingerprint density at radius 3 is 2.55 bits per heavy atom. The standard InChI is InChI=1S/C17H20N2O3/c1-9-6-7-10(2)14-13(9)11(3)15(22-14)17(21)19-8-4-5-12(19)16(18)20/h6-7,12H,4-5,8H2,1-3H3,(H2,18,20)/t12-/m1/s1. The van der Waals surface area contributed by atoms with E-state index < -0.39 is 11.9 Å². The summed E-state index contributed by atoms with van der Waals surface area (Å²) in [5.41, 5.74) is 9.05. The molecule has 1 fully saturated rings. The van der Waals surface area contributed by atoms with E-state index in [9.17, 15) is 9.59 Å². The van der Waals surface area contributed by atoms with Crippen LogP contribution in [0.15, 0.2) is 16.5 Å². The molecule has 2 aromatic rings. The van der Waals surface area contributed by atoms with Gasteiger partial charge in [0, 0.05) is 17.5 Å². The van der Waals surface area contributed by atoms with E-state index >= 15 is 0 Å². The maximum absolute atomic E-state index is 12.8. The first-order chi connectivity index (χ1) is 10.4. The molecule has 1 atom stereocenters. The summed E-state index contributed by atoms with van der Waals surface area (Å²) in [5, 5.41) is 0.984. The van der Waals surface area contributed by atoms with Crippen molar-refractivity contribution in [1.82, 2.24) is 4.90 Å². The van der Waals surface area contributed by atoms with Gasteiger partial charge in [0.2, 0.25) is 5.91 Å². The van der Waals surface area contributed by atoms with Crippen molar-refractivity contribution in [3.05, 3.63) is 34.6 Å². The largest absolute Gasteiger partial charge is 0.450 e. The maximum atomic E-state index is 12.8. The number of nitrogens with two attached hydrogens (primary N) is 1. The van der Waals surface area contributed by atoms with E-state index in [-0.39, 0.29) is 5.91 Å². The highest BCUT2D eigenvalue weighted by atomic mass is 16.3. The van der Waals surface area contributed by atoms with Gasteiger partial charge in [-0.3, -0.25) is 9.59 Å². The molecule has 1 aromatic heterocycles. The Morgan fingerprint density at radius 2 is 1.91 bits per heavy atom. The topological polar surface area (TPSA) is 76.5 Å². The van der Waals surface area contributed by atoms with Crippen LogP contribution in [-0.4, -0.2) is 29.3 Å². The smallest absolute Gasteiger partial charge is 0.290 e. The second kappa shape index (κ2) is 5.16. The lowest BCUT2D eigenvalue weighted by Gasteiger charge is -2.21. The van der Waals surface area contributed by atoms with Crippen molar-refractivity contribution in [1.29, 1.82) is 0 Å². The molecule has 5 heteroatoms. The normalized spacial score (nSPS) is 18.1. The summed E-state index contributed by atoms with van der Waals surface area (Å²) in [5.74, 6) is -0.374. The number of hydrogen-bond donors (Lipinski definition) is 1. The number of carbonyl (C=O) groups excluding carboxylic acids is 2. The summed E-state index contributed by atoms with van der Waals surface area (Å²) >= 11 is 0. The minimum Gasteiger partial charge on any atom is -0.450 e. The zero-order chi connectivity index (χ0) is 16.0. The van der Waals surface area contributed by atoms with Gasteiger partial charge in [0.15, 0.2) is 5.76 Å². The second-order valence-electron chi connectivity index (χ2n) is 6.02. The van der Waals surface area contributed by atoms with Crippen LogP contribution in [-0.2, 0) is 4.79 Å². The molecule has 1 aromatic carbocycles. The van der Waals surface area contributed by atoms with E-state index in [1.807, 2.05) is 32.9 Å². The minimum atomic E-state index is -0.526. The second-order valence-corrected chi connectivity index (χ2v) is 6.02. The van der Waals surface area contributed by atoms with E-state index in [2.05, 4.69) is 0 Å². The number of nitrogens with zero attached hydrogens (tertiary/aromatic N) is 1. The third-order valence-electron chi connectivity index (χ3n) is 4.52. The van der Waals surface area contributed by atoms with Crippen LogP contribution in [0.25, 0.3) is 11.0 Å². The Labute approximate surface area is 129 Å². The number of hydrogen-bond acceptors (Lipinski definition) is 3. The van der Waals surface area contributed by atoms with Gasteiger partial charge in [-0.05, 0) is 44.7 Å². The van der Waals surface area contributed by atoms with Gasteiger partial charge in [-0.1, -0.05) is 12.1 Å². The zero-order valence-corrected chi connectivity index (χ0v) is 13.1. The number of benzene rings is 1. The quantitative estimate of drug-likeness (QED) is 0.925. The van der Waals surface area contributed by atoms with Gasteiger partial charge in [0.25, 0.3) is 5.91 Å². The highest BCUT2D eigenvalue weighted by Gasteiger charge is 2.35. The van der Waals surface area contributed by atoms with Crippen LogP contribution < -0.4 is 5.73 Å². The van der Waals surface area contributed by atoms with Gasteiger partial charge in [-0.2, -0.15) is 0 Å². The molecule has 2 amide bonds. The molecule has 0 bridgehead atoms. The molecule has 3 rings (SSSR count). The zero-order valence-electron chi connectivity index (χ0n) is 13.1. The van der Waals surface area contributed by atoms with Crippen molar-refractivity contribution in [2.45, 2.75) is 39.7 Å². The lowest BCUT2D eigenvalue weighted by molar-refractivity contribution is -0.121. The average Bonchev–Trinajstić information content (AvgIpc) is 3.08. The summed E-state index contributed by atoms with van der Waals surface area (Å²) in [4.78, 5) is 25.8. The Kier molecular flexibility index (Phi) is 3.43. The molecule has 1 aliphatic heterocycles. The van der Waals surface area contributed by atoms with Gasteiger partial charge in [0.1, 0.15) is 11.6 Å². The van der Waals surface area contributed by atoms with Crippen molar-refractivity contribution in [2.75, 3.05) is 6.54 Å². The van der Waals surface area contributed by atoms with Crippen LogP contribution >= 0.6 is 0 Å². The van der Waals surface area contributed by atoms with Crippen molar-refractivity contribution in [3.63, 3.8) is 0 Å². The molecule has 0 unspecified atom stereocenters. The fraction of sp³-hybridized carbons (Fsp3) is 0.412. The van der Waals surface area contributed by atoms with Crippen LogP contribution in [0, 0.1) is 20.8 Å². The molecule has 1 aliphatic rings. The highest BCUT2D eigenvalue weighted by Crippen LogP contribution is 2.32. The van der Waals surface area contributed by atoms with E-state index in [1.54, 1.807) is 0 Å². The summed E-state index contributed by atoms with van der Waals surface area (Å²) in [6.07, 6.45) is 1.41. The van der Waals surface area contributed by atoms with Crippen LogP contribution in [0.1, 0.15) is 40.1 Å². The summed E-state index contributed by atoms with van der Waals surface area (Å²) in [6, 6.07) is 3.48. The van der Waals surface area contributed by atoms with Gasteiger partial charge < -0.3 is 15.1 Å². The van der Waals surface area contributed by atoms with E-state index in [1.165, 1.54) is 4.90 Å². The summed E-state index contributed by atoms with van der Waals surface area (Å²) in [7, 11) is 0. The number of amides is 2. The van der Waals surface area contributed by atoms with Crippen LogP contribution in [0.2, 0.25) is 0 Å². The van der Waals surface area contributed by atoms with Crippen LogP contribution in [0.4, 0.5) is 0 Å². The Hall–Kier alpha value is -2.30. The fourth-order valence-electron chi connectivity index (χ4n) is 3.32. The molecule has 5 nitrogen and oxygen atoms in total. The molecular formula is C17H20N2O3. The number of likely N-dealkylation sites (tertiary alicyclic amines) is 1. The van der Waals surface area contributed by atoms with Gasteiger partial charge in [0.05, 0.1) is 0 Å². The van der Waals surface area contributed by atoms with E-state index in [4.69, 9.17) is 10.2 Å². The van der Waals surface area contributed by atoms with Crippen LogP contribution in [0.3, 0.4) is 0 Å². The third-order valence-corrected chi connectivity index (χ3v) is 4.52. The highest BCUT2D eigenvalue weighted by molar-refractivity contribution is 6.02. The number of rotatable bonds is 2. The van der Waals surface area contributed by atoms with Gasteiger partial charge >= 0.3 is 0 Å². The molecule has 116 valence electrons. The molecule has 1 saturated heterocycles. The number of aryl methyl sites for hydroxylation is 3. The third kappa shape index (κ3) is 2.08. The molecule has 2 N–H and O–H groups in total. The number of carbonyl (C=O) groups is 2. The predicted molar refractivity (Wildman–Crippen MR) is 83.7 cm³/mol. The molecule has 0 aliphatic carbocycles. The first kappa shape index (κ1) is 14.6. The SMILES string of the molecule is Cc1ccc(C)c2c(C)c(C(=O)N3CCC[C@@H]3C(N)=O)oc12. The number of furan rings is 1. The summed E-state index contributed by atoms with van der Waals surface area (Å²) < 4.78 is 5.87. The lowest BCUT2D eigenvalue weighted by Crippen LogP contribution is -2.43. The Balaban J connectivity index is 2.09. The molecule has 0 radical (unpaired) electrons. The lowest BCUT2D eigenvalue weighted by atomic mass is 10.0. The van der Waals surface area contributed by atoms with Gasteiger partial charge in [-0.15, -0.1) is 0 Å². The molecule has 0 spiro atoms. The Morgan fingerprint density at radius 1 is 1.23 bits per heavy atom. The van der Waals surface area contributed by atoms with E-state index in [0.29, 0.717) is 18.7 Å². The van der Waals surface area contributed by atoms with Crippen molar-refractivity contribution in [3.8, 4) is 0 Å². The van der Waals surface area contributed by atoms with E-state index in [0.717, 1.165) is 34.1 Å². The molecular weight excluding hydrogens is 280 g/mol. The number of fused-ring (bicyclic) bond motifs is 1. The van der Waals surface area contributed by atoms with Crippen molar-refractivity contribution in [2.24, 2.45) is 5.73 Å². The van der Waals surface area contributed by atoms with Crippen LogP contribution in [0.5, 0.6) is 0 Å². The minimum absolute atomic E-state index is 0.242. The monoisotopic (exact) mass is 300 g/mol. The van der Waals surface area contributed by atoms with Crippen molar-refractivity contribution >= 4 is 22.8 Å². The molecule has 2 heterocycles. The first-order valence-corrected chi connectivity index (χ1v) is 7.51. The van der Waals surface area contributed by atoms with Gasteiger partial charge in [-0.25, -0.2) is 0 Å². The molecule has 0 saturated carbocycles. The number of primary amides is 1. The van der Waals surface area contributed by atoms with Crippen molar-refractivity contribution < 1.29 is 14.0 Å². The predicted octanol–water partition coefficient (Wildman–Crippen LogP) is 2.45. The summed E-state index contributed by atoms with van der Waals surface area (Å²) in [6.45, 7) is 6.39. The maximum Gasteiger partial charge on any atom is 0.290 e. The first-order valence-electron chi connectivity index (χ1n) is 7.51. The fourth-order valence-corrected chi connectivity index (χ4v) is 3.32.